The number of benzene rings is 1. The van der Waals surface area contributed by atoms with Crippen molar-refractivity contribution in [3.63, 3.8) is 0 Å². The molecule has 0 saturated carbocycles. The predicted octanol–water partition coefficient (Wildman–Crippen LogP) is 3.99. The summed E-state index contributed by atoms with van der Waals surface area (Å²) in [5.41, 5.74) is 1.23. The number of thioether (sulfide) groups is 1. The number of hydrogen-bond donors (Lipinski definition) is 1. The number of nitrogens with one attached hydrogen (secondary N) is 1. The van der Waals surface area contributed by atoms with Crippen LogP contribution in [-0.2, 0) is 10.5 Å². The minimum atomic E-state index is 0.132. The molecule has 4 heteroatoms. The van der Waals surface area contributed by atoms with Crippen LogP contribution in [0.1, 0.15) is 32.3 Å². The second kappa shape index (κ2) is 8.59. The Bertz CT molecular complexity index is 384. The van der Waals surface area contributed by atoms with Crippen molar-refractivity contribution in [2.24, 2.45) is 0 Å². The quantitative estimate of drug-likeness (QED) is 0.819. The van der Waals surface area contributed by atoms with Gasteiger partial charge in [-0.1, -0.05) is 47.5 Å². The third-order valence-electron chi connectivity index (χ3n) is 2.58. The first-order valence-corrected chi connectivity index (χ1v) is 8.18. The maximum atomic E-state index is 11.7. The van der Waals surface area contributed by atoms with Gasteiger partial charge in [-0.05, 0) is 25.0 Å². The minimum absolute atomic E-state index is 0.132. The Morgan fingerprint density at radius 2 is 2.17 bits per heavy atom. The van der Waals surface area contributed by atoms with Gasteiger partial charge in [0.15, 0.2) is 0 Å². The molecule has 18 heavy (non-hydrogen) atoms. The zero-order valence-corrected chi connectivity index (χ0v) is 13.3. The molecular weight excluding hydrogens is 310 g/mol. The summed E-state index contributed by atoms with van der Waals surface area (Å²) in [6, 6.07) is 8.40. The summed E-state index contributed by atoms with van der Waals surface area (Å²) in [4.78, 5) is 11.7. The molecule has 1 amide bonds. The first-order chi connectivity index (χ1) is 8.63. The summed E-state index contributed by atoms with van der Waals surface area (Å²) >= 11 is 5.16. The molecule has 0 aliphatic rings. The smallest absolute Gasteiger partial charge is 0.230 e. The highest BCUT2D eigenvalue weighted by molar-refractivity contribution is 9.10. The van der Waals surface area contributed by atoms with Gasteiger partial charge in [0.2, 0.25) is 5.91 Å². The van der Waals surface area contributed by atoms with E-state index in [1.807, 2.05) is 18.2 Å². The van der Waals surface area contributed by atoms with E-state index < -0.39 is 0 Å². The third-order valence-corrected chi connectivity index (χ3v) is 4.33. The van der Waals surface area contributed by atoms with Gasteiger partial charge in [0.1, 0.15) is 0 Å². The largest absolute Gasteiger partial charge is 0.353 e. The first kappa shape index (κ1) is 15.6. The fraction of sp³-hybridized carbons (Fsp3) is 0.500. The Labute approximate surface area is 122 Å². The molecule has 1 aromatic rings. The average molecular weight is 330 g/mol. The lowest BCUT2D eigenvalue weighted by Crippen LogP contribution is -2.33. The number of hydrogen-bond acceptors (Lipinski definition) is 2. The Morgan fingerprint density at radius 3 is 2.83 bits per heavy atom. The van der Waals surface area contributed by atoms with Crippen LogP contribution in [0.5, 0.6) is 0 Å². The Balaban J connectivity index is 2.25. The first-order valence-electron chi connectivity index (χ1n) is 6.24. The van der Waals surface area contributed by atoms with Crippen molar-refractivity contribution in [2.45, 2.75) is 38.5 Å². The zero-order valence-electron chi connectivity index (χ0n) is 10.9. The van der Waals surface area contributed by atoms with E-state index in [2.05, 4.69) is 41.2 Å². The van der Waals surface area contributed by atoms with Crippen LogP contribution >= 0.6 is 27.7 Å². The summed E-state index contributed by atoms with van der Waals surface area (Å²) in [5, 5.41) is 3.01. The van der Waals surface area contributed by atoms with E-state index in [0.29, 0.717) is 5.75 Å². The molecule has 0 aliphatic carbocycles. The molecule has 100 valence electrons. The van der Waals surface area contributed by atoms with Gasteiger partial charge < -0.3 is 5.32 Å². The van der Waals surface area contributed by atoms with E-state index in [0.717, 1.165) is 23.1 Å². The topological polar surface area (TPSA) is 29.1 Å². The van der Waals surface area contributed by atoms with Crippen molar-refractivity contribution in [1.29, 1.82) is 0 Å². The van der Waals surface area contributed by atoms with E-state index in [-0.39, 0.29) is 11.9 Å². The van der Waals surface area contributed by atoms with Crippen molar-refractivity contribution in [3.8, 4) is 0 Å². The normalized spacial score (nSPS) is 12.2. The maximum Gasteiger partial charge on any atom is 0.230 e. The van der Waals surface area contributed by atoms with Crippen LogP contribution in [0, 0.1) is 0 Å². The van der Waals surface area contributed by atoms with E-state index in [1.54, 1.807) is 11.8 Å². The third kappa shape index (κ3) is 5.91. The maximum absolute atomic E-state index is 11.7. The van der Waals surface area contributed by atoms with Crippen LogP contribution in [0.25, 0.3) is 0 Å². The van der Waals surface area contributed by atoms with E-state index in [1.165, 1.54) is 5.56 Å². The number of carbonyl (C=O) groups is 1. The van der Waals surface area contributed by atoms with Crippen molar-refractivity contribution >= 4 is 33.6 Å². The lowest BCUT2D eigenvalue weighted by molar-refractivity contribution is -0.119. The lowest BCUT2D eigenvalue weighted by atomic mass is 10.2. The van der Waals surface area contributed by atoms with Gasteiger partial charge in [-0.3, -0.25) is 4.79 Å². The summed E-state index contributed by atoms with van der Waals surface area (Å²) in [6.07, 6.45) is 2.15. The summed E-state index contributed by atoms with van der Waals surface area (Å²) < 4.78 is 1.11. The van der Waals surface area contributed by atoms with Crippen molar-refractivity contribution in [2.75, 3.05) is 5.75 Å². The van der Waals surface area contributed by atoms with Crippen molar-refractivity contribution in [1.82, 2.24) is 5.32 Å². The molecule has 1 rings (SSSR count). The van der Waals surface area contributed by atoms with Crippen LogP contribution in [0.2, 0.25) is 0 Å². The second-order valence-corrected chi connectivity index (χ2v) is 6.18. The summed E-state index contributed by atoms with van der Waals surface area (Å²) in [7, 11) is 0. The molecule has 1 aromatic carbocycles. The average Bonchev–Trinajstić information content (AvgIpc) is 2.31. The van der Waals surface area contributed by atoms with Crippen LogP contribution in [0.4, 0.5) is 0 Å². The molecular formula is C14H20BrNOS. The van der Waals surface area contributed by atoms with Gasteiger partial charge in [-0.15, -0.1) is 11.8 Å². The summed E-state index contributed by atoms with van der Waals surface area (Å²) in [6.45, 7) is 4.18. The molecule has 0 spiro atoms. The predicted molar refractivity (Wildman–Crippen MR) is 82.8 cm³/mol. The highest BCUT2D eigenvalue weighted by Gasteiger charge is 2.07. The Morgan fingerprint density at radius 1 is 1.44 bits per heavy atom. The standard InChI is InChI=1S/C14H20BrNOS/c1-3-6-11(2)16-14(17)10-18-9-12-7-4-5-8-13(12)15/h4-5,7-8,11H,3,6,9-10H2,1-2H3,(H,16,17)/t11-/m1/s1. The molecule has 0 aliphatic heterocycles. The number of halogens is 1. The molecule has 0 radical (unpaired) electrons. The van der Waals surface area contributed by atoms with Gasteiger partial charge in [0.25, 0.3) is 0 Å². The number of rotatable bonds is 7. The molecule has 0 saturated heterocycles. The van der Waals surface area contributed by atoms with Crippen molar-refractivity contribution < 1.29 is 4.79 Å². The number of carbonyl (C=O) groups excluding carboxylic acids is 1. The van der Waals surface area contributed by atoms with E-state index >= 15 is 0 Å². The van der Waals surface area contributed by atoms with Gasteiger partial charge >= 0.3 is 0 Å². The molecule has 1 atom stereocenters. The SMILES string of the molecule is CCC[C@@H](C)NC(=O)CSCc1ccccc1Br. The minimum Gasteiger partial charge on any atom is -0.353 e. The fourth-order valence-electron chi connectivity index (χ4n) is 1.69. The molecule has 0 bridgehead atoms. The molecule has 2 nitrogen and oxygen atoms in total. The van der Waals surface area contributed by atoms with Gasteiger partial charge in [-0.25, -0.2) is 0 Å². The monoisotopic (exact) mass is 329 g/mol. The number of amides is 1. The van der Waals surface area contributed by atoms with Gasteiger partial charge in [-0.2, -0.15) is 0 Å². The van der Waals surface area contributed by atoms with Gasteiger partial charge in [0, 0.05) is 16.3 Å². The van der Waals surface area contributed by atoms with Crippen LogP contribution in [0.3, 0.4) is 0 Å². The molecule has 0 aromatic heterocycles. The van der Waals surface area contributed by atoms with Crippen molar-refractivity contribution in [3.05, 3.63) is 34.3 Å². The molecule has 1 N–H and O–H groups in total. The van der Waals surface area contributed by atoms with Gasteiger partial charge in [0.05, 0.1) is 5.75 Å². The molecule has 0 fully saturated rings. The van der Waals surface area contributed by atoms with Crippen LogP contribution < -0.4 is 5.32 Å². The van der Waals surface area contributed by atoms with Crippen LogP contribution in [-0.4, -0.2) is 17.7 Å². The second-order valence-electron chi connectivity index (χ2n) is 4.34. The molecule has 0 unspecified atom stereocenters. The Hall–Kier alpha value is -0.480. The zero-order chi connectivity index (χ0) is 13.4. The summed E-state index contributed by atoms with van der Waals surface area (Å²) in [5.74, 6) is 1.51. The fourth-order valence-corrected chi connectivity index (χ4v) is 3.14. The highest BCUT2D eigenvalue weighted by Crippen LogP contribution is 2.21. The van der Waals surface area contributed by atoms with Crippen LogP contribution in [0.15, 0.2) is 28.7 Å². The Kier molecular flexibility index (Phi) is 7.44. The highest BCUT2D eigenvalue weighted by atomic mass is 79.9. The molecule has 0 heterocycles. The van der Waals surface area contributed by atoms with E-state index in [4.69, 9.17) is 0 Å². The lowest BCUT2D eigenvalue weighted by Gasteiger charge is -2.12. The van der Waals surface area contributed by atoms with E-state index in [9.17, 15) is 4.79 Å².